The van der Waals surface area contributed by atoms with Crippen LogP contribution in [0.15, 0.2) is 24.3 Å². The Labute approximate surface area is 554 Å². The van der Waals surface area contributed by atoms with Crippen LogP contribution >= 0.6 is 15.6 Å². The lowest BCUT2D eigenvalue weighted by Gasteiger charge is -2.21. The van der Waals surface area contributed by atoms with Crippen LogP contribution in [0.5, 0.6) is 0 Å². The van der Waals surface area contributed by atoms with Crippen molar-refractivity contribution in [3.63, 3.8) is 0 Å². The molecule has 0 aromatic heterocycles. The van der Waals surface area contributed by atoms with E-state index in [1.165, 1.54) is 148 Å². The Morgan fingerprint density at radius 3 is 0.934 bits per heavy atom. The highest BCUT2D eigenvalue weighted by atomic mass is 31.2. The highest BCUT2D eigenvalue weighted by molar-refractivity contribution is 7.47. The van der Waals surface area contributed by atoms with Crippen LogP contribution in [0.25, 0.3) is 0 Å². The van der Waals surface area contributed by atoms with Crippen molar-refractivity contribution in [1.29, 1.82) is 0 Å². The van der Waals surface area contributed by atoms with Crippen LogP contribution in [0, 0.1) is 11.8 Å². The summed E-state index contributed by atoms with van der Waals surface area (Å²) in [6, 6.07) is 0. The Balaban J connectivity index is 5.31. The molecule has 0 bridgehead atoms. The summed E-state index contributed by atoms with van der Waals surface area (Å²) >= 11 is 0. The van der Waals surface area contributed by atoms with E-state index in [2.05, 4.69) is 65.8 Å². The number of phosphoric ester groups is 2. The molecule has 91 heavy (non-hydrogen) atoms. The summed E-state index contributed by atoms with van der Waals surface area (Å²) in [6.07, 6.45) is 51.9. The summed E-state index contributed by atoms with van der Waals surface area (Å²) < 4.78 is 68.3. The molecule has 0 fully saturated rings. The van der Waals surface area contributed by atoms with Crippen molar-refractivity contribution in [3.8, 4) is 0 Å². The van der Waals surface area contributed by atoms with E-state index < -0.39 is 97.5 Å². The minimum absolute atomic E-state index is 0.0844. The third-order valence-electron chi connectivity index (χ3n) is 16.8. The van der Waals surface area contributed by atoms with Gasteiger partial charge in [0, 0.05) is 25.7 Å². The minimum atomic E-state index is -4.96. The van der Waals surface area contributed by atoms with Gasteiger partial charge in [0.1, 0.15) is 19.3 Å². The van der Waals surface area contributed by atoms with Crippen molar-refractivity contribution in [1.82, 2.24) is 0 Å². The zero-order valence-corrected chi connectivity index (χ0v) is 60.4. The number of carbonyl (C=O) groups excluding carboxylic acids is 4. The predicted molar refractivity (Wildman–Crippen MR) is 367 cm³/mol. The maximum absolute atomic E-state index is 13.0. The molecule has 0 amide bonds. The Hall–Kier alpha value is -2.46. The second-order valence-corrected chi connectivity index (χ2v) is 28.7. The molecule has 0 aliphatic heterocycles. The van der Waals surface area contributed by atoms with Crippen molar-refractivity contribution in [2.75, 3.05) is 39.6 Å². The maximum Gasteiger partial charge on any atom is 0.472 e. The summed E-state index contributed by atoms with van der Waals surface area (Å²) in [7, 11) is -9.92. The molecule has 0 rings (SSSR count). The Kier molecular flexibility index (Phi) is 61.9. The third-order valence-corrected chi connectivity index (χ3v) is 18.7. The molecule has 0 radical (unpaired) electrons. The van der Waals surface area contributed by atoms with Crippen LogP contribution in [0.4, 0.5) is 0 Å². The number of aliphatic hydroxyl groups excluding tert-OH is 1. The molecular weight excluding hydrogens is 1200 g/mol. The van der Waals surface area contributed by atoms with E-state index in [0.717, 1.165) is 115 Å². The molecule has 0 saturated heterocycles. The first kappa shape index (κ1) is 88.5. The topological polar surface area (TPSA) is 237 Å². The van der Waals surface area contributed by atoms with Crippen LogP contribution in [0.1, 0.15) is 343 Å². The number of phosphoric acid groups is 2. The monoisotopic (exact) mass is 1330 g/mol. The molecule has 19 heteroatoms. The van der Waals surface area contributed by atoms with Crippen LogP contribution in [-0.4, -0.2) is 96.7 Å². The highest BCUT2D eigenvalue weighted by Crippen LogP contribution is 2.45. The first-order chi connectivity index (χ1) is 43.9. The first-order valence-corrected chi connectivity index (χ1v) is 39.9. The number of esters is 4. The van der Waals surface area contributed by atoms with E-state index in [1.807, 2.05) is 0 Å². The number of unbranched alkanes of at least 4 members (excludes halogenated alkanes) is 34. The minimum Gasteiger partial charge on any atom is -0.462 e. The lowest BCUT2D eigenvalue weighted by atomic mass is 9.99. The van der Waals surface area contributed by atoms with Crippen molar-refractivity contribution < 1.29 is 80.2 Å². The second-order valence-electron chi connectivity index (χ2n) is 25.8. The normalized spacial score (nSPS) is 14.9. The van der Waals surface area contributed by atoms with Gasteiger partial charge in [0.2, 0.25) is 0 Å². The SMILES string of the molecule is CCCCCC/C=C\C=C/CCCCCCCC(=O)O[C@H](COC(=O)CCCCCCCCCCC(C)CC)COP(=O)(O)OC[C@@H](O)COP(=O)(O)OC[C@@H](COC(=O)CCCCCCCCCCCCCC)OC(=O)CCCCCCCCCCC(C)CC. The van der Waals surface area contributed by atoms with Crippen LogP contribution < -0.4 is 0 Å². The van der Waals surface area contributed by atoms with E-state index >= 15 is 0 Å². The largest absolute Gasteiger partial charge is 0.472 e. The van der Waals surface area contributed by atoms with Gasteiger partial charge < -0.3 is 33.8 Å². The molecule has 0 aromatic rings. The third kappa shape index (κ3) is 63.4. The first-order valence-electron chi connectivity index (χ1n) is 36.9. The fourth-order valence-electron chi connectivity index (χ4n) is 10.3. The molecule has 7 atom stereocenters. The van der Waals surface area contributed by atoms with E-state index in [0.29, 0.717) is 25.7 Å². The van der Waals surface area contributed by atoms with Gasteiger partial charge in [0.15, 0.2) is 12.2 Å². The van der Waals surface area contributed by atoms with Gasteiger partial charge in [-0.25, -0.2) is 9.13 Å². The molecule has 0 spiro atoms. The average molecular weight is 1340 g/mol. The van der Waals surface area contributed by atoms with Crippen LogP contribution in [-0.2, 0) is 65.4 Å². The fourth-order valence-corrected chi connectivity index (χ4v) is 11.9. The molecular formula is C72H136O17P2. The second kappa shape index (κ2) is 63.6. The smallest absolute Gasteiger partial charge is 0.462 e. The molecule has 0 heterocycles. The van der Waals surface area contributed by atoms with Crippen molar-refractivity contribution >= 4 is 39.5 Å². The van der Waals surface area contributed by atoms with Gasteiger partial charge in [-0.3, -0.25) is 37.3 Å². The summed E-state index contributed by atoms with van der Waals surface area (Å²) in [6.45, 7) is 9.49. The van der Waals surface area contributed by atoms with Gasteiger partial charge in [-0.2, -0.15) is 0 Å². The standard InChI is InChI=1S/C72H136O17P2/c1-7-11-13-15-17-19-21-23-24-25-27-29-38-44-50-56-71(76)88-67(61-83-70(75)55-49-43-37-32-30-34-40-46-52-64(5)9-3)62-86-90(78,79)84-58-66(73)59-85-91(80,81)87-63-68(89-72(77)57-51-45-39-33-31-35-41-47-53-65(6)10-4)60-82-69(74)54-48-42-36-28-26-22-20-18-16-14-12-8-2/h19,21,23-24,64-68,73H,7-18,20,22,25-63H2,1-6H3,(H,78,79)(H,80,81)/b21-19-,24-23-/t64?,65?,66-,67-,68-/m1/s1. The van der Waals surface area contributed by atoms with Gasteiger partial charge in [-0.05, 0) is 63.2 Å². The van der Waals surface area contributed by atoms with Crippen molar-refractivity contribution in [2.24, 2.45) is 11.8 Å². The fraction of sp³-hybridized carbons (Fsp3) is 0.889. The summed E-state index contributed by atoms with van der Waals surface area (Å²) in [5, 5.41) is 10.6. The number of rotatable bonds is 69. The average Bonchev–Trinajstić information content (AvgIpc) is 3.25. The van der Waals surface area contributed by atoms with Crippen LogP contribution in [0.2, 0.25) is 0 Å². The van der Waals surface area contributed by atoms with Gasteiger partial charge in [-0.1, -0.05) is 291 Å². The zero-order valence-electron chi connectivity index (χ0n) is 58.6. The highest BCUT2D eigenvalue weighted by Gasteiger charge is 2.30. The van der Waals surface area contributed by atoms with Crippen LogP contribution in [0.3, 0.4) is 0 Å². The molecule has 0 aromatic carbocycles. The predicted octanol–water partition coefficient (Wildman–Crippen LogP) is 20.3. The molecule has 4 unspecified atom stereocenters. The number of hydrogen-bond donors (Lipinski definition) is 3. The van der Waals surface area contributed by atoms with Crippen molar-refractivity contribution in [3.05, 3.63) is 24.3 Å². The summed E-state index contributed by atoms with van der Waals surface area (Å²) in [5.74, 6) is -0.610. The van der Waals surface area contributed by atoms with E-state index in [4.69, 9.17) is 37.0 Å². The molecule has 17 nitrogen and oxygen atoms in total. The number of hydrogen-bond acceptors (Lipinski definition) is 15. The van der Waals surface area contributed by atoms with Gasteiger partial charge >= 0.3 is 39.5 Å². The van der Waals surface area contributed by atoms with Gasteiger partial charge in [0.25, 0.3) is 0 Å². The Morgan fingerprint density at radius 2 is 0.615 bits per heavy atom. The van der Waals surface area contributed by atoms with Gasteiger partial charge in [-0.15, -0.1) is 0 Å². The van der Waals surface area contributed by atoms with E-state index in [9.17, 15) is 43.2 Å². The van der Waals surface area contributed by atoms with E-state index in [1.54, 1.807) is 0 Å². The molecule has 536 valence electrons. The van der Waals surface area contributed by atoms with Gasteiger partial charge in [0.05, 0.1) is 26.4 Å². The Bertz CT molecular complexity index is 1870. The molecule has 0 aliphatic rings. The number of carbonyl (C=O) groups is 4. The lowest BCUT2D eigenvalue weighted by molar-refractivity contribution is -0.161. The number of ether oxygens (including phenoxy) is 4. The number of allylic oxidation sites excluding steroid dienone is 4. The molecule has 0 saturated carbocycles. The quantitative estimate of drug-likeness (QED) is 0.0169. The molecule has 3 N–H and O–H groups in total. The molecule has 0 aliphatic carbocycles. The zero-order chi connectivity index (χ0) is 67.2. The summed E-state index contributed by atoms with van der Waals surface area (Å²) in [5.41, 5.74) is 0. The Morgan fingerprint density at radius 1 is 0.352 bits per heavy atom. The van der Waals surface area contributed by atoms with Crippen molar-refractivity contribution in [2.45, 2.75) is 362 Å². The number of aliphatic hydroxyl groups is 1. The van der Waals surface area contributed by atoms with E-state index in [-0.39, 0.29) is 25.7 Å². The lowest BCUT2D eigenvalue weighted by Crippen LogP contribution is -2.30. The maximum atomic E-state index is 13.0. The summed E-state index contributed by atoms with van der Waals surface area (Å²) in [4.78, 5) is 72.6.